The van der Waals surface area contributed by atoms with Crippen molar-refractivity contribution in [2.45, 2.75) is 24.0 Å². The van der Waals surface area contributed by atoms with E-state index < -0.39 is 10.0 Å². The summed E-state index contributed by atoms with van der Waals surface area (Å²) in [6.45, 7) is 1.34. The van der Waals surface area contributed by atoms with Gasteiger partial charge in [-0.1, -0.05) is 18.2 Å². The number of likely N-dealkylation sites (N-methyl/N-ethyl adjacent to an activating group) is 1. The van der Waals surface area contributed by atoms with Gasteiger partial charge in [0.1, 0.15) is 0 Å². The van der Waals surface area contributed by atoms with Crippen molar-refractivity contribution in [3.63, 3.8) is 0 Å². The summed E-state index contributed by atoms with van der Waals surface area (Å²) in [5.41, 5.74) is 0.427. The lowest BCUT2D eigenvalue weighted by atomic mass is 10.2. The second kappa shape index (κ2) is 5.36. The molecule has 6 heteroatoms. The van der Waals surface area contributed by atoms with Crippen molar-refractivity contribution in [1.29, 1.82) is 0 Å². The average Bonchev–Trinajstić information content (AvgIpc) is 2.74. The van der Waals surface area contributed by atoms with Crippen LogP contribution in [0.4, 0.5) is 0 Å². The first-order valence-corrected chi connectivity index (χ1v) is 7.41. The van der Waals surface area contributed by atoms with E-state index in [4.69, 9.17) is 0 Å². The third kappa shape index (κ3) is 2.89. The van der Waals surface area contributed by atoms with E-state index in [9.17, 15) is 13.5 Å². The Kier molecular flexibility index (Phi) is 4.01. The number of hydrogen-bond donors (Lipinski definition) is 2. The third-order valence-electron chi connectivity index (χ3n) is 3.15. The van der Waals surface area contributed by atoms with E-state index in [2.05, 4.69) is 9.62 Å². The molecule has 1 aliphatic heterocycles. The summed E-state index contributed by atoms with van der Waals surface area (Å²) < 4.78 is 27.2. The van der Waals surface area contributed by atoms with Crippen LogP contribution in [0, 0.1) is 0 Å². The standard InChI is InChI=1S/C12H18N2O3S/c1-14-7-6-11(8-14)13-18(16,17)12-5-3-2-4-10(12)9-15/h2-5,11,13,15H,6-9H2,1H3. The van der Waals surface area contributed by atoms with E-state index in [1.54, 1.807) is 18.2 Å². The van der Waals surface area contributed by atoms with Crippen molar-refractivity contribution in [3.05, 3.63) is 29.8 Å². The van der Waals surface area contributed by atoms with E-state index in [1.165, 1.54) is 6.07 Å². The number of hydrogen-bond acceptors (Lipinski definition) is 4. The SMILES string of the molecule is CN1CCC(NS(=O)(=O)c2ccccc2CO)C1. The summed E-state index contributed by atoms with van der Waals surface area (Å²) >= 11 is 0. The Bertz CT molecular complexity index is 516. The van der Waals surface area contributed by atoms with Crippen molar-refractivity contribution < 1.29 is 13.5 Å². The smallest absolute Gasteiger partial charge is 0.241 e. The number of rotatable bonds is 4. The quantitative estimate of drug-likeness (QED) is 0.818. The van der Waals surface area contributed by atoms with Crippen LogP contribution in [-0.2, 0) is 16.6 Å². The van der Waals surface area contributed by atoms with E-state index in [0.29, 0.717) is 5.56 Å². The highest BCUT2D eigenvalue weighted by atomic mass is 32.2. The van der Waals surface area contributed by atoms with Crippen LogP contribution in [0.2, 0.25) is 0 Å². The molecule has 1 atom stereocenters. The topological polar surface area (TPSA) is 69.6 Å². The lowest BCUT2D eigenvalue weighted by Crippen LogP contribution is -2.36. The third-order valence-corrected chi connectivity index (χ3v) is 4.77. The molecule has 0 radical (unpaired) electrons. The maximum absolute atomic E-state index is 12.2. The highest BCUT2D eigenvalue weighted by Gasteiger charge is 2.26. The normalized spacial score (nSPS) is 21.3. The molecule has 1 aromatic carbocycles. The first-order chi connectivity index (χ1) is 8.53. The average molecular weight is 270 g/mol. The maximum atomic E-state index is 12.2. The van der Waals surface area contributed by atoms with Crippen LogP contribution in [0.5, 0.6) is 0 Å². The molecule has 0 saturated carbocycles. The molecule has 1 saturated heterocycles. The monoisotopic (exact) mass is 270 g/mol. The molecule has 100 valence electrons. The Balaban J connectivity index is 2.20. The van der Waals surface area contributed by atoms with Gasteiger partial charge < -0.3 is 10.0 Å². The van der Waals surface area contributed by atoms with Gasteiger partial charge in [-0.3, -0.25) is 0 Å². The van der Waals surface area contributed by atoms with Gasteiger partial charge in [0.05, 0.1) is 11.5 Å². The number of benzene rings is 1. The van der Waals surface area contributed by atoms with Crippen LogP contribution in [-0.4, -0.2) is 44.6 Å². The largest absolute Gasteiger partial charge is 0.392 e. The molecule has 0 amide bonds. The number of nitrogens with zero attached hydrogens (tertiary/aromatic N) is 1. The Labute approximate surface area is 107 Å². The lowest BCUT2D eigenvalue weighted by molar-refractivity contribution is 0.278. The molecule has 1 fully saturated rings. The fourth-order valence-electron chi connectivity index (χ4n) is 2.21. The molecule has 2 rings (SSSR count). The summed E-state index contributed by atoms with van der Waals surface area (Å²) in [4.78, 5) is 2.26. The minimum Gasteiger partial charge on any atom is -0.392 e. The van der Waals surface area contributed by atoms with Crippen LogP contribution >= 0.6 is 0 Å². The van der Waals surface area contributed by atoms with Gasteiger partial charge in [-0.2, -0.15) is 0 Å². The fourth-order valence-corrected chi connectivity index (χ4v) is 3.70. The lowest BCUT2D eigenvalue weighted by Gasteiger charge is -2.15. The molecule has 0 spiro atoms. The van der Waals surface area contributed by atoms with Crippen LogP contribution in [0.1, 0.15) is 12.0 Å². The van der Waals surface area contributed by atoms with Gasteiger partial charge in [0.2, 0.25) is 10.0 Å². The van der Waals surface area contributed by atoms with Crippen molar-refractivity contribution in [2.24, 2.45) is 0 Å². The number of aliphatic hydroxyl groups is 1. The van der Waals surface area contributed by atoms with Crippen LogP contribution in [0.15, 0.2) is 29.2 Å². The summed E-state index contributed by atoms with van der Waals surface area (Å²) in [5.74, 6) is 0. The highest BCUT2D eigenvalue weighted by molar-refractivity contribution is 7.89. The predicted octanol–water partition coefficient (Wildman–Crippen LogP) is 0.161. The fraction of sp³-hybridized carbons (Fsp3) is 0.500. The molecule has 1 aromatic rings. The van der Waals surface area contributed by atoms with Gasteiger partial charge in [0.15, 0.2) is 0 Å². The summed E-state index contributed by atoms with van der Waals surface area (Å²) in [7, 11) is -1.58. The Morgan fingerprint density at radius 2 is 2.17 bits per heavy atom. The van der Waals surface area contributed by atoms with Crippen molar-refractivity contribution in [1.82, 2.24) is 9.62 Å². The molecule has 0 aliphatic carbocycles. The van der Waals surface area contributed by atoms with Crippen molar-refractivity contribution >= 4 is 10.0 Å². The van der Waals surface area contributed by atoms with E-state index >= 15 is 0 Å². The Morgan fingerprint density at radius 3 is 2.78 bits per heavy atom. The van der Waals surface area contributed by atoms with Gasteiger partial charge in [-0.15, -0.1) is 0 Å². The molecule has 1 heterocycles. The summed E-state index contributed by atoms with van der Waals surface area (Å²) in [6, 6.07) is 6.47. The van der Waals surface area contributed by atoms with Gasteiger partial charge >= 0.3 is 0 Å². The summed E-state index contributed by atoms with van der Waals surface area (Å²) in [6.07, 6.45) is 0.816. The second-order valence-corrected chi connectivity index (χ2v) is 6.32. The molecular weight excluding hydrogens is 252 g/mol. The van der Waals surface area contributed by atoms with Crippen LogP contribution in [0.3, 0.4) is 0 Å². The molecule has 1 aliphatic rings. The Morgan fingerprint density at radius 1 is 1.44 bits per heavy atom. The first kappa shape index (κ1) is 13.5. The Hall–Kier alpha value is -0.950. The second-order valence-electron chi connectivity index (χ2n) is 4.63. The zero-order valence-electron chi connectivity index (χ0n) is 10.3. The minimum atomic E-state index is -3.55. The number of sulfonamides is 1. The molecule has 5 nitrogen and oxygen atoms in total. The zero-order valence-corrected chi connectivity index (χ0v) is 11.2. The van der Waals surface area contributed by atoms with Crippen LogP contribution < -0.4 is 4.72 Å². The molecular formula is C12H18N2O3S. The molecule has 18 heavy (non-hydrogen) atoms. The zero-order chi connectivity index (χ0) is 13.2. The van der Waals surface area contributed by atoms with Crippen molar-refractivity contribution in [3.8, 4) is 0 Å². The predicted molar refractivity (Wildman–Crippen MR) is 68.6 cm³/mol. The molecule has 2 N–H and O–H groups in total. The maximum Gasteiger partial charge on any atom is 0.241 e. The van der Waals surface area contributed by atoms with E-state index in [-0.39, 0.29) is 17.5 Å². The molecule has 1 unspecified atom stereocenters. The number of likely N-dealkylation sites (tertiary alicyclic amines) is 1. The van der Waals surface area contributed by atoms with Crippen molar-refractivity contribution in [2.75, 3.05) is 20.1 Å². The van der Waals surface area contributed by atoms with E-state index in [0.717, 1.165) is 19.5 Å². The molecule has 0 bridgehead atoms. The first-order valence-electron chi connectivity index (χ1n) is 5.92. The van der Waals surface area contributed by atoms with Crippen LogP contribution in [0.25, 0.3) is 0 Å². The number of aliphatic hydroxyl groups excluding tert-OH is 1. The molecule has 0 aromatic heterocycles. The van der Waals surface area contributed by atoms with Gasteiger partial charge in [-0.05, 0) is 31.6 Å². The van der Waals surface area contributed by atoms with E-state index in [1.807, 2.05) is 7.05 Å². The number of nitrogens with one attached hydrogen (secondary N) is 1. The van der Waals surface area contributed by atoms with Gasteiger partial charge in [0, 0.05) is 12.6 Å². The minimum absolute atomic E-state index is 0.0493. The van der Waals surface area contributed by atoms with Gasteiger partial charge in [0.25, 0.3) is 0 Å². The van der Waals surface area contributed by atoms with Gasteiger partial charge in [-0.25, -0.2) is 13.1 Å². The highest BCUT2D eigenvalue weighted by Crippen LogP contribution is 2.17. The summed E-state index contributed by atoms with van der Waals surface area (Å²) in [5, 5.41) is 9.18.